The van der Waals surface area contributed by atoms with Crippen LogP contribution in [-0.4, -0.2) is 35.1 Å². The summed E-state index contributed by atoms with van der Waals surface area (Å²) in [7, 11) is 0. The predicted molar refractivity (Wildman–Crippen MR) is 126 cm³/mol. The van der Waals surface area contributed by atoms with E-state index in [0.29, 0.717) is 12.1 Å². The number of halogens is 3. The molecule has 1 heterocycles. The van der Waals surface area contributed by atoms with E-state index in [1.807, 2.05) is 19.1 Å². The summed E-state index contributed by atoms with van der Waals surface area (Å²) in [6.45, 7) is 3.27. The van der Waals surface area contributed by atoms with Gasteiger partial charge in [0.1, 0.15) is 6.61 Å². The molecule has 0 saturated carbocycles. The van der Waals surface area contributed by atoms with Crippen molar-refractivity contribution in [2.75, 3.05) is 6.61 Å². The van der Waals surface area contributed by atoms with Crippen LogP contribution < -0.4 is 4.74 Å². The zero-order valence-corrected chi connectivity index (χ0v) is 20.1. The molecule has 0 fully saturated rings. The van der Waals surface area contributed by atoms with Crippen molar-refractivity contribution in [1.82, 2.24) is 10.2 Å². The highest BCUT2D eigenvalue weighted by atomic mass is 19.4. The van der Waals surface area contributed by atoms with Crippen LogP contribution in [0.25, 0.3) is 11.3 Å². The topological polar surface area (TPSA) is 61.3 Å². The molecular formula is C26H35F3N2O3. The van der Waals surface area contributed by atoms with Crippen molar-refractivity contribution in [1.29, 1.82) is 0 Å². The van der Waals surface area contributed by atoms with Crippen LogP contribution in [0, 0.1) is 0 Å². The van der Waals surface area contributed by atoms with Gasteiger partial charge in [-0.1, -0.05) is 76.6 Å². The Labute approximate surface area is 200 Å². The van der Waals surface area contributed by atoms with Gasteiger partial charge in [0.05, 0.1) is 5.69 Å². The molecular weight excluding hydrogens is 445 g/mol. The van der Waals surface area contributed by atoms with Crippen molar-refractivity contribution in [2.24, 2.45) is 0 Å². The summed E-state index contributed by atoms with van der Waals surface area (Å²) in [6, 6.07) is 11.1. The number of carbonyl (C=O) groups excluding carboxylic acids is 1. The second kappa shape index (κ2) is 14.6. The molecule has 0 aliphatic rings. The fourth-order valence-corrected chi connectivity index (χ4v) is 3.42. The van der Waals surface area contributed by atoms with E-state index in [2.05, 4.69) is 34.0 Å². The molecule has 1 aromatic carbocycles. The Kier molecular flexibility index (Phi) is 11.8. The Bertz CT molecular complexity index is 840. The second-order valence-electron chi connectivity index (χ2n) is 8.41. The lowest BCUT2D eigenvalue weighted by molar-refractivity contribution is -0.227. The molecule has 5 nitrogen and oxygen atoms in total. The van der Waals surface area contributed by atoms with Gasteiger partial charge in [-0.2, -0.15) is 13.2 Å². The molecule has 2 aromatic rings. The third-order valence-electron chi connectivity index (χ3n) is 5.46. The van der Waals surface area contributed by atoms with Gasteiger partial charge in [0.2, 0.25) is 12.0 Å². The van der Waals surface area contributed by atoms with E-state index in [1.54, 1.807) is 6.07 Å². The Morgan fingerprint density at radius 2 is 1.56 bits per heavy atom. The van der Waals surface area contributed by atoms with Crippen molar-refractivity contribution in [3.63, 3.8) is 0 Å². The molecule has 0 spiro atoms. The number of benzene rings is 1. The molecule has 2 rings (SSSR count). The van der Waals surface area contributed by atoms with Gasteiger partial charge < -0.3 is 9.47 Å². The van der Waals surface area contributed by atoms with Crippen LogP contribution in [0.1, 0.15) is 77.2 Å². The summed E-state index contributed by atoms with van der Waals surface area (Å²) in [5, 5.41) is 7.93. The van der Waals surface area contributed by atoms with Gasteiger partial charge in [-0.05, 0) is 30.9 Å². The number of aromatic nitrogens is 2. The lowest BCUT2D eigenvalue weighted by Crippen LogP contribution is -2.38. The number of esters is 1. The number of aryl methyl sites for hydroxylation is 1. The van der Waals surface area contributed by atoms with Crippen LogP contribution >= 0.6 is 0 Å². The summed E-state index contributed by atoms with van der Waals surface area (Å²) in [5.41, 5.74) is 2.72. The van der Waals surface area contributed by atoms with Crippen LogP contribution in [0.4, 0.5) is 13.2 Å². The molecule has 1 atom stereocenters. The second-order valence-corrected chi connectivity index (χ2v) is 8.41. The van der Waals surface area contributed by atoms with Gasteiger partial charge in [-0.15, -0.1) is 10.2 Å². The average molecular weight is 481 g/mol. The van der Waals surface area contributed by atoms with Crippen molar-refractivity contribution in [3.05, 3.63) is 42.0 Å². The SMILES string of the molecule is CCCCCCCc1ccc(-c2ccc(OCC(OC(=O)CCCCC)C(F)(F)F)nn2)cc1. The highest BCUT2D eigenvalue weighted by Gasteiger charge is 2.43. The molecule has 0 bridgehead atoms. The van der Waals surface area contributed by atoms with Crippen molar-refractivity contribution in [3.8, 4) is 17.1 Å². The zero-order chi connectivity index (χ0) is 24.8. The fourth-order valence-electron chi connectivity index (χ4n) is 3.42. The van der Waals surface area contributed by atoms with Crippen molar-refractivity contribution in [2.45, 2.75) is 90.3 Å². The smallest absolute Gasteiger partial charge is 0.428 e. The monoisotopic (exact) mass is 480 g/mol. The number of hydrogen-bond acceptors (Lipinski definition) is 5. The van der Waals surface area contributed by atoms with Gasteiger partial charge in [0.15, 0.2) is 0 Å². The van der Waals surface area contributed by atoms with E-state index in [-0.39, 0.29) is 12.3 Å². The number of nitrogens with zero attached hydrogens (tertiary/aromatic N) is 2. The summed E-state index contributed by atoms with van der Waals surface area (Å²) in [6.07, 6.45) is 2.18. The van der Waals surface area contributed by atoms with Gasteiger partial charge in [-0.3, -0.25) is 4.79 Å². The van der Waals surface area contributed by atoms with E-state index >= 15 is 0 Å². The van der Waals surface area contributed by atoms with Gasteiger partial charge in [-0.25, -0.2) is 0 Å². The maximum atomic E-state index is 13.2. The molecule has 1 aromatic heterocycles. The molecule has 1 unspecified atom stereocenters. The third-order valence-corrected chi connectivity index (χ3v) is 5.46. The van der Waals surface area contributed by atoms with Crippen LogP contribution in [0.3, 0.4) is 0 Å². The first-order valence-electron chi connectivity index (χ1n) is 12.2. The van der Waals surface area contributed by atoms with Crippen LogP contribution in [0.2, 0.25) is 0 Å². The van der Waals surface area contributed by atoms with E-state index in [0.717, 1.165) is 31.2 Å². The molecule has 0 saturated heterocycles. The Hall–Kier alpha value is -2.64. The van der Waals surface area contributed by atoms with Gasteiger partial charge >= 0.3 is 12.1 Å². The largest absolute Gasteiger partial charge is 0.472 e. The maximum Gasteiger partial charge on any atom is 0.428 e. The standard InChI is InChI=1S/C26H35F3N2O3/c1-3-5-7-8-10-11-20-13-15-21(16-14-20)22-17-18-24(31-30-22)33-19-23(26(27,28)29)34-25(32)12-9-6-4-2/h13-18,23H,3-12,19H2,1-2H3. The first kappa shape index (κ1) is 27.6. The number of rotatable bonds is 15. The van der Waals surface area contributed by atoms with Crippen LogP contribution in [0.5, 0.6) is 5.88 Å². The quantitative estimate of drug-likeness (QED) is 0.201. The lowest BCUT2D eigenvalue weighted by Gasteiger charge is -2.20. The highest BCUT2D eigenvalue weighted by Crippen LogP contribution is 2.25. The third kappa shape index (κ3) is 10.1. The van der Waals surface area contributed by atoms with E-state index in [4.69, 9.17) is 4.74 Å². The van der Waals surface area contributed by atoms with E-state index in [9.17, 15) is 18.0 Å². The molecule has 0 radical (unpaired) electrons. The van der Waals surface area contributed by atoms with Crippen molar-refractivity contribution < 1.29 is 27.4 Å². The maximum absolute atomic E-state index is 13.2. The number of ether oxygens (including phenoxy) is 2. The van der Waals surface area contributed by atoms with Crippen molar-refractivity contribution >= 4 is 5.97 Å². The number of alkyl halides is 3. The first-order valence-corrected chi connectivity index (χ1v) is 12.2. The Balaban J connectivity index is 1.87. The summed E-state index contributed by atoms with van der Waals surface area (Å²) < 4.78 is 49.4. The molecule has 188 valence electrons. The minimum Gasteiger partial charge on any atom is -0.472 e. The molecule has 0 amide bonds. The normalized spacial score (nSPS) is 12.4. The molecule has 0 N–H and O–H groups in total. The number of unbranched alkanes of at least 4 members (excludes halogenated alkanes) is 6. The molecule has 34 heavy (non-hydrogen) atoms. The van der Waals surface area contributed by atoms with Crippen LogP contribution in [0.15, 0.2) is 36.4 Å². The van der Waals surface area contributed by atoms with Gasteiger partial charge in [0.25, 0.3) is 0 Å². The number of carbonyl (C=O) groups is 1. The van der Waals surface area contributed by atoms with E-state index < -0.39 is 24.9 Å². The van der Waals surface area contributed by atoms with Crippen LogP contribution in [-0.2, 0) is 16.0 Å². The lowest BCUT2D eigenvalue weighted by atomic mass is 10.0. The average Bonchev–Trinajstić information content (AvgIpc) is 2.82. The molecule has 0 aliphatic heterocycles. The minimum absolute atomic E-state index is 0.0490. The zero-order valence-electron chi connectivity index (χ0n) is 20.1. The first-order chi connectivity index (χ1) is 16.3. The Morgan fingerprint density at radius 3 is 2.18 bits per heavy atom. The van der Waals surface area contributed by atoms with E-state index in [1.165, 1.54) is 37.3 Å². The van der Waals surface area contributed by atoms with Gasteiger partial charge in [0, 0.05) is 18.1 Å². The summed E-state index contributed by atoms with van der Waals surface area (Å²) in [5.74, 6) is -0.950. The summed E-state index contributed by atoms with van der Waals surface area (Å²) in [4.78, 5) is 11.7. The minimum atomic E-state index is -4.73. The Morgan fingerprint density at radius 1 is 0.882 bits per heavy atom. The molecule has 0 aliphatic carbocycles. The fraction of sp³-hybridized carbons (Fsp3) is 0.577. The molecule has 8 heteroatoms. The summed E-state index contributed by atoms with van der Waals surface area (Å²) >= 11 is 0. The number of hydrogen-bond donors (Lipinski definition) is 0. The highest BCUT2D eigenvalue weighted by molar-refractivity contribution is 5.69. The predicted octanol–water partition coefficient (Wildman–Crippen LogP) is 7.09.